The molecular formula is C13H16N4O3S. The first-order chi connectivity index (χ1) is 9.99. The van der Waals surface area contributed by atoms with Crippen LogP contribution in [0, 0.1) is 6.92 Å². The quantitative estimate of drug-likeness (QED) is 0.694. The van der Waals surface area contributed by atoms with Gasteiger partial charge in [0.15, 0.2) is 5.16 Å². The number of hydrogen-bond donors (Lipinski definition) is 3. The number of benzene rings is 1. The van der Waals surface area contributed by atoms with Crippen molar-refractivity contribution in [2.45, 2.75) is 18.6 Å². The SMILES string of the molecule is Cc1cccc2c1nc(SCC(=O)O)n2CCNC(N)=O. The average molecular weight is 308 g/mol. The zero-order valence-electron chi connectivity index (χ0n) is 11.5. The van der Waals surface area contributed by atoms with Crippen LogP contribution in [-0.4, -0.2) is 39.0 Å². The molecule has 112 valence electrons. The lowest BCUT2D eigenvalue weighted by molar-refractivity contribution is -0.133. The molecule has 0 saturated carbocycles. The van der Waals surface area contributed by atoms with Gasteiger partial charge in [0.05, 0.1) is 16.8 Å². The number of nitrogens with zero attached hydrogens (tertiary/aromatic N) is 2. The van der Waals surface area contributed by atoms with Crippen molar-refractivity contribution in [3.8, 4) is 0 Å². The number of amides is 2. The highest BCUT2D eigenvalue weighted by atomic mass is 32.2. The fourth-order valence-corrected chi connectivity index (χ4v) is 2.76. The highest BCUT2D eigenvalue weighted by Gasteiger charge is 2.13. The number of aryl methyl sites for hydroxylation is 1. The lowest BCUT2D eigenvalue weighted by atomic mass is 10.2. The van der Waals surface area contributed by atoms with Crippen LogP contribution in [0.25, 0.3) is 11.0 Å². The van der Waals surface area contributed by atoms with E-state index >= 15 is 0 Å². The summed E-state index contributed by atoms with van der Waals surface area (Å²) in [5, 5.41) is 12.0. The maximum absolute atomic E-state index is 10.7. The molecule has 0 atom stereocenters. The van der Waals surface area contributed by atoms with E-state index in [0.29, 0.717) is 18.2 Å². The fraction of sp³-hybridized carbons (Fsp3) is 0.308. The van der Waals surface area contributed by atoms with E-state index < -0.39 is 12.0 Å². The van der Waals surface area contributed by atoms with Crippen molar-refractivity contribution in [1.29, 1.82) is 0 Å². The number of primary amides is 1. The molecule has 4 N–H and O–H groups in total. The Hall–Kier alpha value is -2.22. The molecule has 1 heterocycles. The molecule has 0 radical (unpaired) electrons. The average Bonchev–Trinajstić information content (AvgIpc) is 2.76. The first-order valence-electron chi connectivity index (χ1n) is 6.33. The smallest absolute Gasteiger partial charge is 0.313 e. The number of thioether (sulfide) groups is 1. The molecule has 2 amide bonds. The molecule has 7 nitrogen and oxygen atoms in total. The van der Waals surface area contributed by atoms with Crippen LogP contribution in [0.2, 0.25) is 0 Å². The normalized spacial score (nSPS) is 10.7. The number of carbonyl (C=O) groups is 2. The lowest BCUT2D eigenvalue weighted by Gasteiger charge is -2.08. The second kappa shape index (κ2) is 6.49. The summed E-state index contributed by atoms with van der Waals surface area (Å²) in [5.74, 6) is -0.961. The summed E-state index contributed by atoms with van der Waals surface area (Å²) in [6.07, 6.45) is 0. The van der Waals surface area contributed by atoms with Gasteiger partial charge in [-0.15, -0.1) is 0 Å². The van der Waals surface area contributed by atoms with Crippen molar-refractivity contribution < 1.29 is 14.7 Å². The number of aromatic nitrogens is 2. The molecule has 0 saturated heterocycles. The molecule has 0 aliphatic rings. The van der Waals surface area contributed by atoms with Crippen LogP contribution >= 0.6 is 11.8 Å². The van der Waals surface area contributed by atoms with Gasteiger partial charge in [0.25, 0.3) is 0 Å². The molecule has 1 aromatic heterocycles. The predicted octanol–water partition coefficient (Wildman–Crippen LogP) is 1.19. The number of imidazole rings is 1. The molecular weight excluding hydrogens is 292 g/mol. The van der Waals surface area contributed by atoms with Crippen LogP contribution < -0.4 is 11.1 Å². The number of carboxylic acids is 1. The van der Waals surface area contributed by atoms with Gasteiger partial charge in [-0.25, -0.2) is 9.78 Å². The van der Waals surface area contributed by atoms with Crippen molar-refractivity contribution in [3.63, 3.8) is 0 Å². The number of aliphatic carboxylic acids is 1. The van der Waals surface area contributed by atoms with Gasteiger partial charge >= 0.3 is 12.0 Å². The van der Waals surface area contributed by atoms with Gasteiger partial charge in [-0.2, -0.15) is 0 Å². The van der Waals surface area contributed by atoms with Gasteiger partial charge in [-0.05, 0) is 18.6 Å². The van der Waals surface area contributed by atoms with Crippen LogP contribution in [0.15, 0.2) is 23.4 Å². The lowest BCUT2D eigenvalue weighted by Crippen LogP contribution is -2.32. The van der Waals surface area contributed by atoms with E-state index in [-0.39, 0.29) is 5.75 Å². The maximum atomic E-state index is 10.7. The molecule has 1 aromatic carbocycles. The molecule has 0 fully saturated rings. The number of nitrogens with one attached hydrogen (secondary N) is 1. The summed E-state index contributed by atoms with van der Waals surface area (Å²) in [4.78, 5) is 26.0. The van der Waals surface area contributed by atoms with E-state index in [1.54, 1.807) is 0 Å². The van der Waals surface area contributed by atoms with Crippen molar-refractivity contribution in [2.75, 3.05) is 12.3 Å². The second-order valence-corrected chi connectivity index (χ2v) is 5.40. The Morgan fingerprint density at radius 3 is 2.90 bits per heavy atom. The third-order valence-electron chi connectivity index (χ3n) is 2.90. The molecule has 0 spiro atoms. The summed E-state index contributed by atoms with van der Waals surface area (Å²) in [7, 11) is 0. The fourth-order valence-electron chi connectivity index (χ4n) is 2.01. The topological polar surface area (TPSA) is 110 Å². The predicted molar refractivity (Wildman–Crippen MR) is 80.4 cm³/mol. The van der Waals surface area contributed by atoms with Crippen LogP contribution in [0.5, 0.6) is 0 Å². The highest BCUT2D eigenvalue weighted by molar-refractivity contribution is 7.99. The van der Waals surface area contributed by atoms with Gasteiger partial charge in [-0.1, -0.05) is 23.9 Å². The third-order valence-corrected chi connectivity index (χ3v) is 3.87. The molecule has 21 heavy (non-hydrogen) atoms. The monoisotopic (exact) mass is 308 g/mol. The molecule has 0 bridgehead atoms. The van der Waals surface area contributed by atoms with Crippen molar-refractivity contribution in [2.24, 2.45) is 5.73 Å². The highest BCUT2D eigenvalue weighted by Crippen LogP contribution is 2.25. The molecule has 2 rings (SSSR count). The molecule has 0 unspecified atom stereocenters. The van der Waals surface area contributed by atoms with Gasteiger partial charge in [0.1, 0.15) is 0 Å². The Labute approximate surface area is 125 Å². The first kappa shape index (κ1) is 15.2. The number of carboxylic acid groups (broad SMARTS) is 1. The zero-order valence-corrected chi connectivity index (χ0v) is 12.3. The number of carbonyl (C=O) groups excluding carboxylic acids is 1. The maximum Gasteiger partial charge on any atom is 0.313 e. The number of hydrogen-bond acceptors (Lipinski definition) is 4. The molecule has 8 heteroatoms. The number of urea groups is 1. The van der Waals surface area contributed by atoms with Crippen LogP contribution in [0.1, 0.15) is 5.56 Å². The summed E-state index contributed by atoms with van der Waals surface area (Å²) in [6, 6.07) is 5.20. The minimum absolute atomic E-state index is 0.0639. The van der Waals surface area contributed by atoms with Crippen LogP contribution in [0.3, 0.4) is 0 Å². The standard InChI is InChI=1S/C13H16N4O3S/c1-8-3-2-4-9-11(8)16-13(21-7-10(18)19)17(9)6-5-15-12(14)20/h2-4H,5-7H2,1H3,(H,18,19)(H3,14,15,20). The van der Waals surface area contributed by atoms with Crippen LogP contribution in [-0.2, 0) is 11.3 Å². The van der Waals surface area contributed by atoms with E-state index in [0.717, 1.165) is 28.4 Å². The summed E-state index contributed by atoms with van der Waals surface area (Å²) >= 11 is 1.16. The van der Waals surface area contributed by atoms with E-state index in [9.17, 15) is 9.59 Å². The minimum Gasteiger partial charge on any atom is -0.481 e. The third kappa shape index (κ3) is 3.66. The Morgan fingerprint density at radius 1 is 1.48 bits per heavy atom. The summed E-state index contributed by atoms with van der Waals surface area (Å²) in [6.45, 7) is 2.78. The largest absolute Gasteiger partial charge is 0.481 e. The van der Waals surface area contributed by atoms with Crippen molar-refractivity contribution >= 4 is 34.8 Å². The Morgan fingerprint density at radius 2 is 2.24 bits per heavy atom. The summed E-state index contributed by atoms with van der Waals surface area (Å²) in [5.41, 5.74) is 7.82. The zero-order chi connectivity index (χ0) is 15.4. The van der Waals surface area contributed by atoms with Gasteiger partial charge in [0.2, 0.25) is 0 Å². The minimum atomic E-state index is -0.898. The Bertz CT molecular complexity index is 683. The number of rotatable bonds is 6. The van der Waals surface area contributed by atoms with E-state index in [1.165, 1.54) is 0 Å². The van der Waals surface area contributed by atoms with Crippen LogP contribution in [0.4, 0.5) is 4.79 Å². The Kier molecular flexibility index (Phi) is 4.69. The Balaban J connectivity index is 2.32. The summed E-state index contributed by atoms with van der Waals surface area (Å²) < 4.78 is 1.89. The van der Waals surface area contributed by atoms with E-state index in [2.05, 4.69) is 10.3 Å². The van der Waals surface area contributed by atoms with Crippen molar-refractivity contribution in [3.05, 3.63) is 23.8 Å². The number of fused-ring (bicyclic) bond motifs is 1. The number of nitrogens with two attached hydrogens (primary N) is 1. The number of para-hydroxylation sites is 1. The van der Waals surface area contributed by atoms with Gasteiger partial charge < -0.3 is 20.7 Å². The second-order valence-electron chi connectivity index (χ2n) is 4.46. The van der Waals surface area contributed by atoms with E-state index in [1.807, 2.05) is 29.7 Å². The van der Waals surface area contributed by atoms with Gasteiger partial charge in [0, 0.05) is 13.1 Å². The first-order valence-corrected chi connectivity index (χ1v) is 7.31. The molecule has 2 aromatic rings. The van der Waals surface area contributed by atoms with E-state index in [4.69, 9.17) is 10.8 Å². The van der Waals surface area contributed by atoms with Gasteiger partial charge in [-0.3, -0.25) is 4.79 Å². The van der Waals surface area contributed by atoms with Crippen molar-refractivity contribution in [1.82, 2.24) is 14.9 Å². The molecule has 0 aliphatic carbocycles. The molecule has 0 aliphatic heterocycles.